The second-order valence-corrected chi connectivity index (χ2v) is 7.97. The zero-order valence-corrected chi connectivity index (χ0v) is 20.3. The molecule has 0 unspecified atom stereocenters. The highest BCUT2D eigenvalue weighted by molar-refractivity contribution is 6.32. The van der Waals surface area contributed by atoms with Crippen LogP contribution in [0.15, 0.2) is 66.2 Å². The number of hydrogen-bond acceptors (Lipinski definition) is 6. The van der Waals surface area contributed by atoms with Crippen LogP contribution in [0.1, 0.15) is 38.8 Å². The average molecular weight is 521 g/mol. The SMILES string of the molecule is CCOc1cc(/C=C(/C#N)C(=O)Nc2cccc(C(=O)O)c2)cc(Cl)c1OCc1ccc(C(=O)O)cc1. The lowest BCUT2D eigenvalue weighted by Crippen LogP contribution is -2.14. The maximum atomic E-state index is 12.6. The first kappa shape index (κ1) is 26.8. The number of carbonyl (C=O) groups excluding carboxylic acids is 1. The molecule has 37 heavy (non-hydrogen) atoms. The van der Waals surface area contributed by atoms with Crippen LogP contribution in [0.5, 0.6) is 11.5 Å². The van der Waals surface area contributed by atoms with Gasteiger partial charge in [0.25, 0.3) is 5.91 Å². The number of benzene rings is 3. The normalized spacial score (nSPS) is 10.8. The van der Waals surface area contributed by atoms with Gasteiger partial charge in [0.2, 0.25) is 0 Å². The van der Waals surface area contributed by atoms with Crippen LogP contribution in [-0.4, -0.2) is 34.7 Å². The number of ether oxygens (including phenoxy) is 2. The van der Waals surface area contributed by atoms with Gasteiger partial charge in [-0.05, 0) is 66.6 Å². The van der Waals surface area contributed by atoms with Crippen LogP contribution >= 0.6 is 11.6 Å². The number of carboxylic acids is 2. The molecule has 188 valence electrons. The highest BCUT2D eigenvalue weighted by Gasteiger charge is 2.16. The third-order valence-electron chi connectivity index (χ3n) is 4.96. The first-order valence-corrected chi connectivity index (χ1v) is 11.3. The number of anilines is 1. The molecule has 0 fully saturated rings. The highest BCUT2D eigenvalue weighted by Crippen LogP contribution is 2.38. The van der Waals surface area contributed by atoms with Crippen molar-refractivity contribution in [3.63, 3.8) is 0 Å². The summed E-state index contributed by atoms with van der Waals surface area (Å²) in [5.41, 5.74) is 1.23. The van der Waals surface area contributed by atoms with Crippen LogP contribution in [-0.2, 0) is 11.4 Å². The Morgan fingerprint density at radius 2 is 1.70 bits per heavy atom. The van der Waals surface area contributed by atoms with Crippen molar-refractivity contribution in [3.05, 3.63) is 93.5 Å². The maximum absolute atomic E-state index is 12.6. The van der Waals surface area contributed by atoms with Crippen LogP contribution in [0.2, 0.25) is 5.02 Å². The first-order valence-electron chi connectivity index (χ1n) is 10.9. The van der Waals surface area contributed by atoms with Crippen molar-refractivity contribution < 1.29 is 34.1 Å². The van der Waals surface area contributed by atoms with Gasteiger partial charge in [0.05, 0.1) is 22.8 Å². The topological polar surface area (TPSA) is 146 Å². The molecular weight excluding hydrogens is 500 g/mol. The molecular formula is C27H21ClN2O7. The maximum Gasteiger partial charge on any atom is 0.335 e. The van der Waals surface area contributed by atoms with Crippen molar-refractivity contribution in [2.45, 2.75) is 13.5 Å². The molecule has 3 aromatic rings. The van der Waals surface area contributed by atoms with E-state index in [9.17, 15) is 19.6 Å². The highest BCUT2D eigenvalue weighted by atomic mass is 35.5. The molecule has 10 heteroatoms. The Labute approximate surface area is 217 Å². The second-order valence-electron chi connectivity index (χ2n) is 7.56. The molecule has 0 radical (unpaired) electrons. The molecule has 0 heterocycles. The number of aromatic carboxylic acids is 2. The third-order valence-corrected chi connectivity index (χ3v) is 5.24. The van der Waals surface area contributed by atoms with E-state index in [0.717, 1.165) is 0 Å². The number of carbonyl (C=O) groups is 3. The Morgan fingerprint density at radius 3 is 2.32 bits per heavy atom. The summed E-state index contributed by atoms with van der Waals surface area (Å²) in [5, 5.41) is 30.4. The van der Waals surface area contributed by atoms with Crippen LogP contribution in [0.4, 0.5) is 5.69 Å². The van der Waals surface area contributed by atoms with E-state index in [-0.39, 0.29) is 45.5 Å². The smallest absolute Gasteiger partial charge is 0.335 e. The monoisotopic (exact) mass is 520 g/mol. The van der Waals surface area contributed by atoms with Crippen molar-refractivity contribution in [3.8, 4) is 17.6 Å². The zero-order valence-electron chi connectivity index (χ0n) is 19.5. The van der Waals surface area contributed by atoms with E-state index in [1.54, 1.807) is 25.1 Å². The molecule has 3 aromatic carbocycles. The van der Waals surface area contributed by atoms with Gasteiger partial charge in [0.1, 0.15) is 18.2 Å². The molecule has 0 aliphatic rings. The molecule has 0 aromatic heterocycles. The first-order chi connectivity index (χ1) is 17.7. The molecule has 0 aliphatic heterocycles. The zero-order chi connectivity index (χ0) is 26.9. The lowest BCUT2D eigenvalue weighted by atomic mass is 10.1. The van der Waals surface area contributed by atoms with Crippen molar-refractivity contribution in [1.29, 1.82) is 5.26 Å². The quantitative estimate of drug-likeness (QED) is 0.242. The minimum absolute atomic E-state index is 0.0122. The number of halogens is 1. The predicted octanol–water partition coefficient (Wildman–Crippen LogP) is 5.26. The fourth-order valence-electron chi connectivity index (χ4n) is 3.22. The van der Waals surface area contributed by atoms with Crippen LogP contribution in [0.25, 0.3) is 6.08 Å². The number of nitriles is 1. The number of hydrogen-bond donors (Lipinski definition) is 3. The summed E-state index contributed by atoms with van der Waals surface area (Å²) in [7, 11) is 0. The Morgan fingerprint density at radius 1 is 1.00 bits per heavy atom. The summed E-state index contributed by atoms with van der Waals surface area (Å²) in [5.74, 6) is -2.38. The van der Waals surface area contributed by atoms with Gasteiger partial charge >= 0.3 is 11.9 Å². The lowest BCUT2D eigenvalue weighted by molar-refractivity contribution is -0.112. The molecule has 0 aliphatic carbocycles. The summed E-state index contributed by atoms with van der Waals surface area (Å²) in [6.07, 6.45) is 1.32. The van der Waals surface area contributed by atoms with E-state index in [0.29, 0.717) is 17.7 Å². The Hall–Kier alpha value is -4.81. The van der Waals surface area contributed by atoms with Gasteiger partial charge in [-0.2, -0.15) is 5.26 Å². The molecule has 0 atom stereocenters. The molecule has 9 nitrogen and oxygen atoms in total. The molecule has 0 spiro atoms. The molecule has 3 rings (SSSR count). The summed E-state index contributed by atoms with van der Waals surface area (Å²) in [4.78, 5) is 34.8. The van der Waals surface area contributed by atoms with Gasteiger partial charge in [0, 0.05) is 5.69 Å². The Kier molecular flexibility index (Phi) is 8.86. The van der Waals surface area contributed by atoms with Gasteiger partial charge in [-0.1, -0.05) is 29.8 Å². The summed E-state index contributed by atoms with van der Waals surface area (Å²) >= 11 is 6.44. The largest absolute Gasteiger partial charge is 0.490 e. The van der Waals surface area contributed by atoms with Gasteiger partial charge in [-0.25, -0.2) is 9.59 Å². The molecule has 0 bridgehead atoms. The molecule has 3 N–H and O–H groups in total. The van der Waals surface area contributed by atoms with Crippen LogP contribution in [0.3, 0.4) is 0 Å². The predicted molar refractivity (Wildman–Crippen MR) is 136 cm³/mol. The van der Waals surface area contributed by atoms with E-state index in [1.807, 2.05) is 6.07 Å². The van der Waals surface area contributed by atoms with Gasteiger partial charge in [-0.15, -0.1) is 0 Å². The minimum atomic E-state index is -1.15. The van der Waals surface area contributed by atoms with Crippen molar-refractivity contribution in [2.24, 2.45) is 0 Å². The van der Waals surface area contributed by atoms with Crippen molar-refractivity contribution >= 4 is 41.2 Å². The molecule has 0 saturated heterocycles. The van der Waals surface area contributed by atoms with Crippen LogP contribution < -0.4 is 14.8 Å². The van der Waals surface area contributed by atoms with E-state index >= 15 is 0 Å². The number of amides is 1. The standard InChI is InChI=1S/C27H21ClN2O7/c1-2-36-23-12-17(10-20(14-29)25(31)30-21-5-3-4-19(13-21)27(34)35)11-22(28)24(23)37-15-16-6-8-18(9-7-16)26(32)33/h3-13H,2,15H2,1H3,(H,30,31)(H,32,33)(H,34,35)/b20-10-. The van der Waals surface area contributed by atoms with E-state index in [4.69, 9.17) is 31.3 Å². The Bertz CT molecular complexity index is 1410. The number of nitrogens with zero attached hydrogens (tertiary/aromatic N) is 1. The molecule has 1 amide bonds. The Balaban J connectivity index is 1.82. The van der Waals surface area contributed by atoms with Crippen molar-refractivity contribution in [2.75, 3.05) is 11.9 Å². The summed E-state index contributed by atoms with van der Waals surface area (Å²) in [6.45, 7) is 2.15. The van der Waals surface area contributed by atoms with E-state index < -0.39 is 17.8 Å². The summed E-state index contributed by atoms with van der Waals surface area (Å²) in [6, 6.07) is 16.7. The van der Waals surface area contributed by atoms with E-state index in [1.165, 1.54) is 48.5 Å². The third kappa shape index (κ3) is 7.10. The average Bonchev–Trinajstić information content (AvgIpc) is 2.87. The van der Waals surface area contributed by atoms with Gasteiger partial charge < -0.3 is 25.0 Å². The van der Waals surface area contributed by atoms with Gasteiger partial charge in [0.15, 0.2) is 11.5 Å². The number of carboxylic acid groups (broad SMARTS) is 2. The fourth-order valence-corrected chi connectivity index (χ4v) is 3.49. The van der Waals surface area contributed by atoms with Crippen LogP contribution in [0, 0.1) is 11.3 Å². The fraction of sp³-hybridized carbons (Fsp3) is 0.111. The lowest BCUT2D eigenvalue weighted by Gasteiger charge is -2.15. The number of nitrogens with one attached hydrogen (secondary N) is 1. The minimum Gasteiger partial charge on any atom is -0.490 e. The summed E-state index contributed by atoms with van der Waals surface area (Å²) < 4.78 is 11.5. The van der Waals surface area contributed by atoms with Gasteiger partial charge in [-0.3, -0.25) is 4.79 Å². The second kappa shape index (κ2) is 12.2. The molecule has 0 saturated carbocycles. The van der Waals surface area contributed by atoms with E-state index in [2.05, 4.69) is 5.32 Å². The number of rotatable bonds is 10. The van der Waals surface area contributed by atoms with Crippen molar-refractivity contribution in [1.82, 2.24) is 0 Å².